The topological polar surface area (TPSA) is 136 Å². The summed E-state index contributed by atoms with van der Waals surface area (Å²) in [5.41, 5.74) is 9.71. The molecule has 0 unspecified atom stereocenters. The first kappa shape index (κ1) is 16.4. The van der Waals surface area contributed by atoms with Crippen LogP contribution in [0.4, 0.5) is 0 Å². The fourth-order valence-corrected chi connectivity index (χ4v) is 1.42. The highest BCUT2D eigenvalue weighted by Crippen LogP contribution is 2.12. The molecule has 7 nitrogen and oxygen atoms in total. The van der Waals surface area contributed by atoms with Crippen LogP contribution in [-0.4, -0.2) is 34.5 Å². The number of hydrogen-bond acceptors (Lipinski definition) is 4. The molecular weight excluding hydrogens is 238 g/mol. The molecule has 0 fully saturated rings. The Balaban J connectivity index is 4.63. The zero-order valence-corrected chi connectivity index (χ0v) is 10.7. The lowest BCUT2D eigenvalue weighted by molar-refractivity contribution is -0.143. The minimum absolute atomic E-state index is 0.0418. The molecule has 0 rings (SSSR count). The third-order valence-electron chi connectivity index (χ3n) is 3.00. The van der Waals surface area contributed by atoms with E-state index in [1.807, 2.05) is 0 Å². The summed E-state index contributed by atoms with van der Waals surface area (Å²) in [6, 6.07) is -1.15. The quantitative estimate of drug-likeness (QED) is 0.458. The van der Waals surface area contributed by atoms with Crippen molar-refractivity contribution in [3.8, 4) is 0 Å². The normalized spacial score (nSPS) is 12.8. The Bertz CT molecular complexity index is 326. The molecule has 0 aromatic heterocycles. The standard InChI is InChI=1S/C11H21N3O4/c1-3-11(13,4-2)10(18)14-7(9(16)17)5-6-8(12)15/h7H,3-6,13H2,1-2H3,(H2,12,15)(H,14,18)(H,16,17)/t7-/m0/s1. The van der Waals surface area contributed by atoms with Crippen LogP contribution in [0.3, 0.4) is 0 Å². The van der Waals surface area contributed by atoms with Gasteiger partial charge in [0.2, 0.25) is 11.8 Å². The lowest BCUT2D eigenvalue weighted by Gasteiger charge is -2.27. The number of rotatable bonds is 8. The minimum atomic E-state index is -1.21. The third kappa shape index (κ3) is 4.70. The molecule has 0 radical (unpaired) electrons. The molecule has 104 valence electrons. The van der Waals surface area contributed by atoms with Crippen LogP contribution in [-0.2, 0) is 14.4 Å². The van der Waals surface area contributed by atoms with Crippen molar-refractivity contribution < 1.29 is 19.5 Å². The van der Waals surface area contributed by atoms with Gasteiger partial charge in [0.15, 0.2) is 0 Å². The predicted molar refractivity (Wildman–Crippen MR) is 65.5 cm³/mol. The molecule has 2 amide bonds. The van der Waals surface area contributed by atoms with Crippen molar-refractivity contribution in [1.82, 2.24) is 5.32 Å². The summed E-state index contributed by atoms with van der Waals surface area (Å²) in [6.45, 7) is 3.50. The van der Waals surface area contributed by atoms with Gasteiger partial charge in [0.05, 0.1) is 5.54 Å². The number of amides is 2. The average Bonchev–Trinajstić information content (AvgIpc) is 2.32. The van der Waals surface area contributed by atoms with Crippen LogP contribution < -0.4 is 16.8 Å². The molecule has 0 aromatic rings. The molecule has 6 N–H and O–H groups in total. The second kappa shape index (κ2) is 6.95. The summed E-state index contributed by atoms with van der Waals surface area (Å²) >= 11 is 0. The first-order chi connectivity index (χ1) is 8.26. The molecule has 0 bridgehead atoms. The fraction of sp³-hybridized carbons (Fsp3) is 0.727. The van der Waals surface area contributed by atoms with Crippen molar-refractivity contribution >= 4 is 17.8 Å². The van der Waals surface area contributed by atoms with Gasteiger partial charge in [0.1, 0.15) is 6.04 Å². The van der Waals surface area contributed by atoms with Crippen LogP contribution >= 0.6 is 0 Å². The van der Waals surface area contributed by atoms with E-state index in [9.17, 15) is 14.4 Å². The highest BCUT2D eigenvalue weighted by molar-refractivity contribution is 5.90. The van der Waals surface area contributed by atoms with Gasteiger partial charge in [-0.25, -0.2) is 4.79 Å². The molecule has 0 aliphatic carbocycles. The Labute approximate surface area is 106 Å². The lowest BCUT2D eigenvalue weighted by atomic mass is 9.92. The third-order valence-corrected chi connectivity index (χ3v) is 3.00. The second-order valence-electron chi connectivity index (χ2n) is 4.23. The minimum Gasteiger partial charge on any atom is -0.480 e. The van der Waals surface area contributed by atoms with E-state index in [0.717, 1.165) is 0 Å². The maximum atomic E-state index is 11.9. The van der Waals surface area contributed by atoms with Crippen LogP contribution in [0.25, 0.3) is 0 Å². The number of hydrogen-bond donors (Lipinski definition) is 4. The van der Waals surface area contributed by atoms with Gasteiger partial charge >= 0.3 is 5.97 Å². The molecule has 0 aromatic carbocycles. The first-order valence-corrected chi connectivity index (χ1v) is 5.87. The molecule has 0 aliphatic rings. The zero-order valence-electron chi connectivity index (χ0n) is 10.7. The van der Waals surface area contributed by atoms with Gasteiger partial charge in [-0.2, -0.15) is 0 Å². The van der Waals surface area contributed by atoms with E-state index in [-0.39, 0.29) is 12.8 Å². The van der Waals surface area contributed by atoms with Crippen molar-refractivity contribution in [1.29, 1.82) is 0 Å². The average molecular weight is 259 g/mol. The van der Waals surface area contributed by atoms with Crippen LogP contribution in [0.1, 0.15) is 39.5 Å². The van der Waals surface area contributed by atoms with Gasteiger partial charge in [-0.05, 0) is 19.3 Å². The van der Waals surface area contributed by atoms with Gasteiger partial charge < -0.3 is 21.9 Å². The molecular formula is C11H21N3O4. The molecule has 7 heteroatoms. The molecule has 0 saturated heterocycles. The highest BCUT2D eigenvalue weighted by atomic mass is 16.4. The van der Waals surface area contributed by atoms with Gasteiger partial charge in [-0.15, -0.1) is 0 Å². The number of nitrogens with two attached hydrogens (primary N) is 2. The summed E-state index contributed by atoms with van der Waals surface area (Å²) in [5.74, 6) is -2.34. The summed E-state index contributed by atoms with van der Waals surface area (Å²) < 4.78 is 0. The molecule has 18 heavy (non-hydrogen) atoms. The van der Waals surface area contributed by atoms with E-state index in [2.05, 4.69) is 5.32 Å². The zero-order chi connectivity index (χ0) is 14.3. The molecule has 0 heterocycles. The summed E-state index contributed by atoms with van der Waals surface area (Å²) in [7, 11) is 0. The Morgan fingerprint density at radius 2 is 1.78 bits per heavy atom. The van der Waals surface area contributed by atoms with Gasteiger partial charge in [-0.1, -0.05) is 13.8 Å². The second-order valence-corrected chi connectivity index (χ2v) is 4.23. The molecule has 1 atom stereocenters. The Morgan fingerprint density at radius 3 is 2.11 bits per heavy atom. The molecule has 0 saturated carbocycles. The summed E-state index contributed by atoms with van der Waals surface area (Å²) in [5, 5.41) is 11.3. The van der Waals surface area contributed by atoms with Crippen molar-refractivity contribution in [2.24, 2.45) is 11.5 Å². The Morgan fingerprint density at radius 1 is 1.28 bits per heavy atom. The van der Waals surface area contributed by atoms with E-state index < -0.39 is 29.4 Å². The largest absolute Gasteiger partial charge is 0.480 e. The van der Waals surface area contributed by atoms with Gasteiger partial charge in [0, 0.05) is 6.42 Å². The highest BCUT2D eigenvalue weighted by Gasteiger charge is 2.33. The maximum absolute atomic E-state index is 11.9. The summed E-state index contributed by atoms with van der Waals surface area (Å²) in [4.78, 5) is 33.4. The number of primary amides is 1. The van der Waals surface area contributed by atoms with E-state index in [0.29, 0.717) is 12.8 Å². The van der Waals surface area contributed by atoms with Crippen LogP contribution in [0.2, 0.25) is 0 Å². The monoisotopic (exact) mass is 259 g/mol. The van der Waals surface area contributed by atoms with Crippen molar-refractivity contribution in [3.05, 3.63) is 0 Å². The predicted octanol–water partition coefficient (Wildman–Crippen LogP) is -0.661. The first-order valence-electron chi connectivity index (χ1n) is 5.87. The maximum Gasteiger partial charge on any atom is 0.326 e. The summed E-state index contributed by atoms with van der Waals surface area (Å²) in [6.07, 6.45) is 0.655. The molecule has 0 aliphatic heterocycles. The Hall–Kier alpha value is -1.63. The van der Waals surface area contributed by atoms with Crippen molar-refractivity contribution in [2.75, 3.05) is 0 Å². The SMILES string of the molecule is CCC(N)(CC)C(=O)N[C@@H](CCC(N)=O)C(=O)O. The number of carboxylic acids is 1. The lowest BCUT2D eigenvalue weighted by Crippen LogP contribution is -2.57. The van der Waals surface area contributed by atoms with Crippen LogP contribution in [0.15, 0.2) is 0 Å². The van der Waals surface area contributed by atoms with E-state index in [1.54, 1.807) is 13.8 Å². The van der Waals surface area contributed by atoms with Gasteiger partial charge in [-0.3, -0.25) is 9.59 Å². The van der Waals surface area contributed by atoms with Crippen molar-refractivity contribution in [2.45, 2.75) is 51.1 Å². The smallest absolute Gasteiger partial charge is 0.326 e. The number of aliphatic carboxylic acids is 1. The Kier molecular flexibility index (Phi) is 6.32. The van der Waals surface area contributed by atoms with Crippen LogP contribution in [0.5, 0.6) is 0 Å². The number of carboxylic acid groups (broad SMARTS) is 1. The number of nitrogens with one attached hydrogen (secondary N) is 1. The number of carbonyl (C=O) groups is 3. The molecule has 0 spiro atoms. The van der Waals surface area contributed by atoms with Gasteiger partial charge in [0.25, 0.3) is 0 Å². The van der Waals surface area contributed by atoms with Crippen LogP contribution in [0, 0.1) is 0 Å². The number of carbonyl (C=O) groups excluding carboxylic acids is 2. The van der Waals surface area contributed by atoms with E-state index in [4.69, 9.17) is 16.6 Å². The van der Waals surface area contributed by atoms with E-state index >= 15 is 0 Å². The van der Waals surface area contributed by atoms with E-state index in [1.165, 1.54) is 0 Å². The van der Waals surface area contributed by atoms with Crippen molar-refractivity contribution in [3.63, 3.8) is 0 Å². The fourth-order valence-electron chi connectivity index (χ4n) is 1.42.